The van der Waals surface area contributed by atoms with Crippen LogP contribution in [0.1, 0.15) is 62.0 Å². The van der Waals surface area contributed by atoms with Gasteiger partial charge in [0.1, 0.15) is 17.6 Å². The normalized spacial score (nSPS) is 19.0. The number of aromatic nitrogens is 4. The van der Waals surface area contributed by atoms with Crippen molar-refractivity contribution in [1.82, 2.24) is 20.0 Å². The summed E-state index contributed by atoms with van der Waals surface area (Å²) in [6, 6.07) is 12.7. The molecular weight excluding hydrogens is 477 g/mol. The summed E-state index contributed by atoms with van der Waals surface area (Å²) in [6.45, 7) is 4.39. The summed E-state index contributed by atoms with van der Waals surface area (Å²) in [5, 5.41) is 26.8. The van der Waals surface area contributed by atoms with Crippen LogP contribution in [0.2, 0.25) is 5.02 Å². The average Bonchev–Trinajstić information content (AvgIpc) is 3.75. The molecule has 0 saturated heterocycles. The lowest BCUT2D eigenvalue weighted by Gasteiger charge is -2.20. The van der Waals surface area contributed by atoms with Crippen LogP contribution in [0, 0.1) is 22.6 Å². The van der Waals surface area contributed by atoms with Gasteiger partial charge in [-0.25, -0.2) is 9.07 Å². The molecule has 6 rings (SSSR count). The Bertz CT molecular complexity index is 1500. The Morgan fingerprint density at radius 1 is 1.22 bits per heavy atom. The first-order valence-electron chi connectivity index (χ1n) is 12.0. The maximum absolute atomic E-state index is 13.7. The van der Waals surface area contributed by atoms with Crippen molar-refractivity contribution in [3.63, 3.8) is 0 Å². The predicted octanol–water partition coefficient (Wildman–Crippen LogP) is 6.24. The topological polar surface area (TPSA) is 91.5 Å². The molecule has 0 aliphatic heterocycles. The van der Waals surface area contributed by atoms with Crippen LogP contribution in [0.15, 0.2) is 48.8 Å². The van der Waals surface area contributed by atoms with Gasteiger partial charge in [-0.3, -0.25) is 4.98 Å². The smallest absolute Gasteiger partial charge is 0.123 e. The number of benzene rings is 2. The van der Waals surface area contributed by atoms with Gasteiger partial charge in [0.2, 0.25) is 0 Å². The Hall–Kier alpha value is -3.70. The summed E-state index contributed by atoms with van der Waals surface area (Å²) < 4.78 is 15.6. The molecule has 2 aromatic heterocycles. The number of nitrogens with one attached hydrogen (secondary N) is 2. The van der Waals surface area contributed by atoms with E-state index in [-0.39, 0.29) is 23.3 Å². The number of pyridine rings is 1. The maximum atomic E-state index is 13.7. The van der Waals surface area contributed by atoms with E-state index < -0.39 is 0 Å². The number of hydrogen-bond donors (Lipinski definition) is 2. The third-order valence-corrected chi connectivity index (χ3v) is 7.42. The van der Waals surface area contributed by atoms with Crippen molar-refractivity contribution in [2.45, 2.75) is 51.2 Å². The summed E-state index contributed by atoms with van der Waals surface area (Å²) in [5.41, 5.74) is 4.31. The molecular formula is C27H25ClFN7. The minimum absolute atomic E-state index is 0.170. The molecule has 2 N–H and O–H groups in total. The molecule has 2 saturated carbocycles. The molecule has 2 unspecified atom stereocenters. The van der Waals surface area contributed by atoms with Crippen molar-refractivity contribution in [2.24, 2.45) is 5.41 Å². The van der Waals surface area contributed by atoms with E-state index in [2.05, 4.69) is 45.8 Å². The summed E-state index contributed by atoms with van der Waals surface area (Å²) in [5.74, 6) is -0.304. The van der Waals surface area contributed by atoms with Gasteiger partial charge < -0.3 is 10.6 Å². The predicted molar refractivity (Wildman–Crippen MR) is 137 cm³/mol. The highest BCUT2D eigenvalue weighted by Crippen LogP contribution is 2.48. The highest BCUT2D eigenvalue weighted by Gasteiger charge is 2.46. The molecule has 0 bridgehead atoms. The van der Waals surface area contributed by atoms with Crippen molar-refractivity contribution in [2.75, 3.05) is 10.6 Å². The molecule has 7 nitrogen and oxygen atoms in total. The van der Waals surface area contributed by atoms with Crippen LogP contribution in [0.5, 0.6) is 0 Å². The second-order valence-electron chi connectivity index (χ2n) is 10.4. The van der Waals surface area contributed by atoms with Crippen molar-refractivity contribution in [3.05, 3.63) is 76.5 Å². The molecule has 2 aliphatic carbocycles. The lowest BCUT2D eigenvalue weighted by Crippen LogP contribution is -2.14. The Labute approximate surface area is 213 Å². The van der Waals surface area contributed by atoms with Gasteiger partial charge in [0.15, 0.2) is 0 Å². The fourth-order valence-electron chi connectivity index (χ4n) is 4.56. The molecule has 0 amide bonds. The minimum atomic E-state index is -0.377. The van der Waals surface area contributed by atoms with E-state index >= 15 is 0 Å². The molecule has 2 aromatic carbocycles. The molecule has 2 heterocycles. The summed E-state index contributed by atoms with van der Waals surface area (Å²) >= 11 is 6.69. The van der Waals surface area contributed by atoms with Crippen LogP contribution in [0.3, 0.4) is 0 Å². The third kappa shape index (κ3) is 4.24. The minimum Gasteiger partial charge on any atom is -0.380 e. The van der Waals surface area contributed by atoms with E-state index in [1.54, 1.807) is 18.3 Å². The monoisotopic (exact) mass is 501 g/mol. The van der Waals surface area contributed by atoms with Gasteiger partial charge in [0, 0.05) is 23.3 Å². The molecule has 0 spiro atoms. The van der Waals surface area contributed by atoms with Gasteiger partial charge in [0.05, 0.1) is 40.1 Å². The van der Waals surface area contributed by atoms with Crippen LogP contribution in [-0.4, -0.2) is 26.0 Å². The number of fused-ring (bicyclic) bond motifs is 1. The van der Waals surface area contributed by atoms with Crippen LogP contribution >= 0.6 is 11.6 Å². The van der Waals surface area contributed by atoms with Gasteiger partial charge >= 0.3 is 0 Å². The van der Waals surface area contributed by atoms with Gasteiger partial charge in [-0.05, 0) is 54.5 Å². The first-order chi connectivity index (χ1) is 17.3. The van der Waals surface area contributed by atoms with E-state index in [9.17, 15) is 9.65 Å². The van der Waals surface area contributed by atoms with E-state index in [0.29, 0.717) is 22.1 Å². The van der Waals surface area contributed by atoms with E-state index in [1.807, 2.05) is 23.0 Å². The van der Waals surface area contributed by atoms with Crippen molar-refractivity contribution >= 4 is 33.9 Å². The highest BCUT2D eigenvalue weighted by atomic mass is 35.5. The lowest BCUT2D eigenvalue weighted by atomic mass is 10.0. The molecule has 2 fully saturated rings. The van der Waals surface area contributed by atoms with Crippen molar-refractivity contribution in [3.8, 4) is 6.07 Å². The summed E-state index contributed by atoms with van der Waals surface area (Å²) in [7, 11) is 0. The maximum Gasteiger partial charge on any atom is 0.123 e. The lowest BCUT2D eigenvalue weighted by molar-refractivity contribution is 0.610. The SMILES string of the molecule is CC1(C)CC1Nc1c(C#N)cnc2c(Cl)cc(NC(c3ccc(F)cc3)c3cn(C4CC4)nn3)cc12. The van der Waals surface area contributed by atoms with E-state index in [1.165, 1.54) is 12.1 Å². The van der Waals surface area contributed by atoms with Crippen molar-refractivity contribution in [1.29, 1.82) is 5.26 Å². The fraction of sp³-hybridized carbons (Fsp3) is 0.333. The number of halogens is 2. The van der Waals surface area contributed by atoms with E-state index in [0.717, 1.165) is 47.3 Å². The van der Waals surface area contributed by atoms with Crippen LogP contribution in [-0.2, 0) is 0 Å². The molecule has 0 radical (unpaired) electrons. The fourth-order valence-corrected chi connectivity index (χ4v) is 4.83. The Morgan fingerprint density at radius 3 is 2.64 bits per heavy atom. The number of hydrogen-bond acceptors (Lipinski definition) is 6. The van der Waals surface area contributed by atoms with Crippen molar-refractivity contribution < 1.29 is 4.39 Å². The average molecular weight is 502 g/mol. The first kappa shape index (κ1) is 22.7. The zero-order valence-corrected chi connectivity index (χ0v) is 20.7. The van der Waals surface area contributed by atoms with Crippen LogP contribution in [0.4, 0.5) is 15.8 Å². The molecule has 2 aliphatic rings. The third-order valence-electron chi connectivity index (χ3n) is 7.14. The Balaban J connectivity index is 1.42. The number of nitrogens with zero attached hydrogens (tertiary/aromatic N) is 5. The zero-order chi connectivity index (χ0) is 25.0. The summed E-state index contributed by atoms with van der Waals surface area (Å²) in [4.78, 5) is 4.46. The molecule has 2 atom stereocenters. The molecule has 4 aromatic rings. The van der Waals surface area contributed by atoms with Gasteiger partial charge in [-0.2, -0.15) is 5.26 Å². The van der Waals surface area contributed by atoms with Gasteiger partial charge in [-0.1, -0.05) is 42.8 Å². The highest BCUT2D eigenvalue weighted by molar-refractivity contribution is 6.35. The molecule has 36 heavy (non-hydrogen) atoms. The standard InChI is InChI=1S/C27H25ClFN7/c1-27(2)11-23(27)33-24-16(12-30)13-31-26-20(24)9-18(10-21(26)28)32-25(15-3-5-17(29)6-4-15)22-14-36(35-34-22)19-7-8-19/h3-6,9-10,13-14,19,23,25,32H,7-8,11H2,1-2H3,(H,31,33). The number of nitriles is 1. The molecule has 9 heteroatoms. The summed E-state index contributed by atoms with van der Waals surface area (Å²) in [6.07, 6.45) is 6.73. The number of anilines is 2. The van der Waals surface area contributed by atoms with Crippen LogP contribution in [0.25, 0.3) is 10.9 Å². The van der Waals surface area contributed by atoms with Crippen LogP contribution < -0.4 is 10.6 Å². The first-order valence-corrected chi connectivity index (χ1v) is 12.4. The molecule has 182 valence electrons. The van der Waals surface area contributed by atoms with Gasteiger partial charge in [-0.15, -0.1) is 5.10 Å². The van der Waals surface area contributed by atoms with E-state index in [4.69, 9.17) is 11.6 Å². The van der Waals surface area contributed by atoms with Gasteiger partial charge in [0.25, 0.3) is 0 Å². The second kappa shape index (κ2) is 8.45. The number of rotatable bonds is 7. The second-order valence-corrected chi connectivity index (χ2v) is 10.8. The zero-order valence-electron chi connectivity index (χ0n) is 20.0. The largest absolute Gasteiger partial charge is 0.380 e. The Kier molecular flexibility index (Phi) is 5.34. The Morgan fingerprint density at radius 2 is 1.97 bits per heavy atom. The quantitative estimate of drug-likeness (QED) is 0.311.